The Bertz CT molecular complexity index is 1250. The van der Waals surface area contributed by atoms with E-state index in [1.807, 2.05) is 50.2 Å². The van der Waals surface area contributed by atoms with Gasteiger partial charge in [-0.15, -0.1) is 0 Å². The van der Waals surface area contributed by atoms with E-state index in [4.69, 9.17) is 4.74 Å². The number of hydrogen-bond acceptors (Lipinski definition) is 5. The zero-order chi connectivity index (χ0) is 25.2. The predicted molar refractivity (Wildman–Crippen MR) is 131 cm³/mol. The molecule has 35 heavy (non-hydrogen) atoms. The average molecular weight is 476 g/mol. The van der Waals surface area contributed by atoms with Crippen LogP contribution >= 0.6 is 0 Å². The van der Waals surface area contributed by atoms with Crippen molar-refractivity contribution in [2.45, 2.75) is 39.4 Å². The van der Waals surface area contributed by atoms with Gasteiger partial charge in [-0.1, -0.05) is 29.8 Å². The number of hydrogen-bond donors (Lipinski definition) is 2. The number of nitrogens with one attached hydrogen (secondary N) is 2. The lowest BCUT2D eigenvalue weighted by molar-refractivity contribution is -0.132. The largest absolute Gasteiger partial charge is 0.497 e. The highest BCUT2D eigenvalue weighted by molar-refractivity contribution is 6.11. The summed E-state index contributed by atoms with van der Waals surface area (Å²) in [5, 5.41) is 5.73. The maximum absolute atomic E-state index is 13.5. The molecule has 3 aromatic rings. The van der Waals surface area contributed by atoms with Crippen molar-refractivity contribution in [3.05, 3.63) is 77.4 Å². The van der Waals surface area contributed by atoms with Gasteiger partial charge in [-0.05, 0) is 50.6 Å². The molecule has 2 heterocycles. The summed E-state index contributed by atoms with van der Waals surface area (Å²) < 4.78 is 6.76. The van der Waals surface area contributed by atoms with Gasteiger partial charge in [0, 0.05) is 18.8 Å². The quantitative estimate of drug-likeness (QED) is 0.547. The lowest BCUT2D eigenvalue weighted by atomic mass is 9.94. The molecule has 0 bridgehead atoms. The zero-order valence-electron chi connectivity index (χ0n) is 20.3. The van der Waals surface area contributed by atoms with Crippen LogP contribution in [0.25, 0.3) is 0 Å². The van der Waals surface area contributed by atoms with Crippen LogP contribution in [0.2, 0.25) is 0 Å². The Balaban J connectivity index is 1.54. The number of ether oxygens (including phenoxy) is 1. The van der Waals surface area contributed by atoms with Gasteiger partial charge < -0.3 is 24.8 Å². The number of benzene rings is 2. The van der Waals surface area contributed by atoms with Gasteiger partial charge in [0.2, 0.25) is 5.91 Å². The Hall–Kier alpha value is -4.14. The van der Waals surface area contributed by atoms with Crippen molar-refractivity contribution >= 4 is 23.4 Å². The fraction of sp³-hybridized carbons (Fsp3) is 0.308. The van der Waals surface area contributed by atoms with Gasteiger partial charge in [-0.25, -0.2) is 4.98 Å². The molecular formula is C26H29N5O4. The van der Waals surface area contributed by atoms with Crippen LogP contribution < -0.4 is 15.4 Å². The van der Waals surface area contributed by atoms with E-state index in [0.717, 1.165) is 16.9 Å². The number of aromatic nitrogens is 2. The summed E-state index contributed by atoms with van der Waals surface area (Å²) in [4.78, 5) is 45.4. The molecule has 1 aliphatic heterocycles. The zero-order valence-corrected chi connectivity index (χ0v) is 20.3. The fourth-order valence-electron chi connectivity index (χ4n) is 4.29. The molecule has 9 nitrogen and oxygen atoms in total. The van der Waals surface area contributed by atoms with E-state index in [9.17, 15) is 14.4 Å². The SMILES string of the molecule is CCN1C(=O)c2c(C(=O)Nc3ccc(C)cc3)ncn2C[C@]1(C)C(=O)NCc1ccc(OC)cc1. The number of anilines is 1. The molecule has 1 atom stereocenters. The van der Waals surface area contributed by atoms with E-state index in [-0.39, 0.29) is 23.8 Å². The van der Waals surface area contributed by atoms with E-state index >= 15 is 0 Å². The van der Waals surface area contributed by atoms with Crippen molar-refractivity contribution in [2.24, 2.45) is 0 Å². The Morgan fingerprint density at radius 2 is 1.80 bits per heavy atom. The molecule has 1 aliphatic rings. The number of aryl methyl sites for hydroxylation is 1. The summed E-state index contributed by atoms with van der Waals surface area (Å²) in [5.74, 6) is -0.433. The van der Waals surface area contributed by atoms with Gasteiger partial charge >= 0.3 is 0 Å². The lowest BCUT2D eigenvalue weighted by Crippen LogP contribution is -2.63. The minimum Gasteiger partial charge on any atom is -0.497 e. The lowest BCUT2D eigenvalue weighted by Gasteiger charge is -2.43. The topological polar surface area (TPSA) is 106 Å². The summed E-state index contributed by atoms with van der Waals surface area (Å²) in [6.07, 6.45) is 1.44. The molecule has 0 radical (unpaired) electrons. The average Bonchev–Trinajstić information content (AvgIpc) is 3.28. The van der Waals surface area contributed by atoms with Gasteiger partial charge in [0.25, 0.3) is 11.8 Å². The normalized spacial score (nSPS) is 17.0. The van der Waals surface area contributed by atoms with E-state index in [0.29, 0.717) is 18.8 Å². The van der Waals surface area contributed by atoms with Crippen LogP contribution in [0.15, 0.2) is 54.9 Å². The van der Waals surface area contributed by atoms with Crippen LogP contribution in [0, 0.1) is 6.92 Å². The molecule has 0 fully saturated rings. The van der Waals surface area contributed by atoms with Gasteiger partial charge in [-0.2, -0.15) is 0 Å². The number of rotatable bonds is 7. The smallest absolute Gasteiger partial charge is 0.276 e. The van der Waals surface area contributed by atoms with Gasteiger partial charge in [-0.3, -0.25) is 14.4 Å². The minimum atomic E-state index is -1.14. The van der Waals surface area contributed by atoms with Crippen LogP contribution in [0.5, 0.6) is 5.75 Å². The van der Waals surface area contributed by atoms with Crippen LogP contribution in [0.1, 0.15) is 46.0 Å². The minimum absolute atomic E-state index is 0.0368. The third-order valence-electron chi connectivity index (χ3n) is 6.30. The van der Waals surface area contributed by atoms with Crippen LogP contribution in [-0.2, 0) is 17.9 Å². The second kappa shape index (κ2) is 9.61. The monoisotopic (exact) mass is 475 g/mol. The number of carbonyl (C=O) groups is 3. The first-order valence-electron chi connectivity index (χ1n) is 11.4. The Morgan fingerprint density at radius 1 is 1.11 bits per heavy atom. The summed E-state index contributed by atoms with van der Waals surface area (Å²) in [5.41, 5.74) is 1.66. The maximum atomic E-state index is 13.5. The van der Waals surface area contributed by atoms with Crippen molar-refractivity contribution in [3.8, 4) is 5.75 Å². The van der Waals surface area contributed by atoms with Crippen LogP contribution in [0.4, 0.5) is 5.69 Å². The number of methoxy groups -OCH3 is 1. The van der Waals surface area contributed by atoms with Crippen LogP contribution in [-0.4, -0.2) is 51.4 Å². The van der Waals surface area contributed by atoms with Gasteiger partial charge in [0.1, 0.15) is 17.0 Å². The standard InChI is InChI=1S/C26H29N5O4/c1-5-31-24(33)22-21(23(32)29-19-10-6-17(2)7-11-19)28-16-30(22)15-26(31,3)25(34)27-14-18-8-12-20(35-4)13-9-18/h6-13,16H,5,14-15H2,1-4H3,(H,27,34)(H,29,32)/t26-/m1/s1. The van der Waals surface area contributed by atoms with Gasteiger partial charge in [0.05, 0.1) is 20.0 Å². The third-order valence-corrected chi connectivity index (χ3v) is 6.30. The summed E-state index contributed by atoms with van der Waals surface area (Å²) >= 11 is 0. The van der Waals surface area contributed by atoms with E-state index in [1.54, 1.807) is 30.7 Å². The van der Waals surface area contributed by atoms with Gasteiger partial charge in [0.15, 0.2) is 5.69 Å². The molecule has 9 heteroatoms. The summed E-state index contributed by atoms with van der Waals surface area (Å²) in [6.45, 7) is 6.29. The molecule has 0 saturated heterocycles. The van der Waals surface area contributed by atoms with E-state index < -0.39 is 17.4 Å². The summed E-state index contributed by atoms with van der Waals surface area (Å²) in [7, 11) is 1.60. The first-order valence-corrected chi connectivity index (χ1v) is 11.4. The summed E-state index contributed by atoms with van der Waals surface area (Å²) in [6, 6.07) is 14.8. The molecule has 2 aromatic carbocycles. The number of amides is 3. The van der Waals surface area contributed by atoms with Crippen molar-refractivity contribution in [1.29, 1.82) is 0 Å². The Kier molecular flexibility index (Phi) is 6.59. The fourth-order valence-corrected chi connectivity index (χ4v) is 4.29. The second-order valence-electron chi connectivity index (χ2n) is 8.74. The number of imidazole rings is 1. The number of likely N-dealkylation sites (N-methyl/N-ethyl adjacent to an activating group) is 1. The Labute approximate surface area is 204 Å². The van der Waals surface area contributed by atoms with Crippen molar-refractivity contribution < 1.29 is 19.1 Å². The Morgan fingerprint density at radius 3 is 2.43 bits per heavy atom. The first-order chi connectivity index (χ1) is 16.8. The number of nitrogens with zero attached hydrogens (tertiary/aromatic N) is 3. The predicted octanol–water partition coefficient (Wildman–Crippen LogP) is 3.00. The number of fused-ring (bicyclic) bond motifs is 1. The molecule has 2 N–H and O–H groups in total. The molecular weight excluding hydrogens is 446 g/mol. The first kappa shape index (κ1) is 24.0. The van der Waals surface area contributed by atoms with E-state index in [1.165, 1.54) is 11.2 Å². The third kappa shape index (κ3) is 4.62. The van der Waals surface area contributed by atoms with Crippen LogP contribution in [0.3, 0.4) is 0 Å². The van der Waals surface area contributed by atoms with E-state index in [2.05, 4.69) is 15.6 Å². The van der Waals surface area contributed by atoms with Crippen molar-refractivity contribution in [2.75, 3.05) is 19.0 Å². The highest BCUT2D eigenvalue weighted by atomic mass is 16.5. The molecule has 182 valence electrons. The molecule has 0 spiro atoms. The molecule has 4 rings (SSSR count). The molecule has 3 amide bonds. The molecule has 1 aromatic heterocycles. The highest BCUT2D eigenvalue weighted by Crippen LogP contribution is 2.29. The van der Waals surface area contributed by atoms with Crippen molar-refractivity contribution in [1.82, 2.24) is 19.8 Å². The number of carbonyl (C=O) groups excluding carboxylic acids is 3. The molecule has 0 unspecified atom stereocenters. The molecule has 0 aliphatic carbocycles. The molecule has 0 saturated carbocycles. The van der Waals surface area contributed by atoms with Crippen molar-refractivity contribution in [3.63, 3.8) is 0 Å². The second-order valence-corrected chi connectivity index (χ2v) is 8.74. The highest BCUT2D eigenvalue weighted by Gasteiger charge is 2.48. The maximum Gasteiger partial charge on any atom is 0.276 e.